The smallest absolute Gasteiger partial charge is 0.220 e. The highest BCUT2D eigenvalue weighted by Gasteiger charge is 2.15. The van der Waals surface area contributed by atoms with E-state index < -0.39 is 0 Å². The van der Waals surface area contributed by atoms with Gasteiger partial charge in [0.25, 0.3) is 0 Å². The molecule has 5 heteroatoms. The number of aryl methyl sites for hydroxylation is 1. The molecule has 4 rings (SSSR count). The van der Waals surface area contributed by atoms with Gasteiger partial charge in [0.2, 0.25) is 5.91 Å². The second-order valence-electron chi connectivity index (χ2n) is 7.20. The average molecular weight is 363 g/mol. The van der Waals surface area contributed by atoms with Crippen molar-refractivity contribution in [2.45, 2.75) is 51.0 Å². The SMILES string of the molecule is O=C(CCc1ccc(Oc2ccnc3[nH]ccc23)cc1)NC1CCCCC1. The van der Waals surface area contributed by atoms with E-state index in [4.69, 9.17) is 4.74 Å². The van der Waals surface area contributed by atoms with Gasteiger partial charge in [0, 0.05) is 24.9 Å². The van der Waals surface area contributed by atoms with E-state index in [0.29, 0.717) is 12.5 Å². The molecule has 1 aromatic carbocycles. The van der Waals surface area contributed by atoms with Crippen LogP contribution >= 0.6 is 0 Å². The fourth-order valence-electron chi connectivity index (χ4n) is 3.68. The Hall–Kier alpha value is -2.82. The lowest BCUT2D eigenvalue weighted by atomic mass is 9.95. The predicted octanol–water partition coefficient (Wildman–Crippen LogP) is 4.74. The highest BCUT2D eigenvalue weighted by Crippen LogP contribution is 2.28. The number of rotatable bonds is 6. The number of pyridine rings is 1. The Morgan fingerprint density at radius 1 is 1.11 bits per heavy atom. The van der Waals surface area contributed by atoms with Gasteiger partial charge < -0.3 is 15.0 Å². The molecule has 1 amide bonds. The van der Waals surface area contributed by atoms with Crippen molar-refractivity contribution in [2.75, 3.05) is 0 Å². The first-order chi connectivity index (χ1) is 13.3. The molecule has 0 unspecified atom stereocenters. The third kappa shape index (κ3) is 4.48. The molecular formula is C22H25N3O2. The lowest BCUT2D eigenvalue weighted by Gasteiger charge is -2.22. The van der Waals surface area contributed by atoms with Crippen LogP contribution in [0.15, 0.2) is 48.8 Å². The quantitative estimate of drug-likeness (QED) is 0.665. The number of aromatic amines is 1. The molecule has 1 aliphatic carbocycles. The molecule has 0 saturated heterocycles. The third-order valence-corrected chi connectivity index (χ3v) is 5.18. The maximum atomic E-state index is 12.1. The van der Waals surface area contributed by atoms with Gasteiger partial charge in [-0.3, -0.25) is 4.79 Å². The van der Waals surface area contributed by atoms with Gasteiger partial charge in [0.15, 0.2) is 0 Å². The zero-order chi connectivity index (χ0) is 18.5. The van der Waals surface area contributed by atoms with Crippen molar-refractivity contribution in [1.29, 1.82) is 0 Å². The summed E-state index contributed by atoms with van der Waals surface area (Å²) in [5, 5.41) is 4.13. The molecule has 2 heterocycles. The molecular weight excluding hydrogens is 338 g/mol. The average Bonchev–Trinajstić information content (AvgIpc) is 3.18. The van der Waals surface area contributed by atoms with Crippen LogP contribution in [-0.4, -0.2) is 21.9 Å². The number of nitrogens with one attached hydrogen (secondary N) is 2. The molecule has 0 aliphatic heterocycles. The van der Waals surface area contributed by atoms with Crippen molar-refractivity contribution >= 4 is 16.9 Å². The van der Waals surface area contributed by atoms with Crippen molar-refractivity contribution in [1.82, 2.24) is 15.3 Å². The van der Waals surface area contributed by atoms with Gasteiger partial charge in [0.05, 0.1) is 5.39 Å². The Balaban J connectivity index is 1.31. The maximum Gasteiger partial charge on any atom is 0.220 e. The summed E-state index contributed by atoms with van der Waals surface area (Å²) in [6.07, 6.45) is 10.9. The van der Waals surface area contributed by atoms with Gasteiger partial charge in [-0.15, -0.1) is 0 Å². The number of H-pyrrole nitrogens is 1. The van der Waals surface area contributed by atoms with Gasteiger partial charge in [0.1, 0.15) is 17.1 Å². The second kappa shape index (κ2) is 8.25. The van der Waals surface area contributed by atoms with Crippen LogP contribution in [0.2, 0.25) is 0 Å². The Bertz CT molecular complexity index is 895. The summed E-state index contributed by atoms with van der Waals surface area (Å²) in [5.41, 5.74) is 1.95. The summed E-state index contributed by atoms with van der Waals surface area (Å²) >= 11 is 0. The summed E-state index contributed by atoms with van der Waals surface area (Å²) in [5.74, 6) is 1.72. The predicted molar refractivity (Wildman–Crippen MR) is 106 cm³/mol. The zero-order valence-corrected chi connectivity index (χ0v) is 15.4. The minimum absolute atomic E-state index is 0.161. The maximum absolute atomic E-state index is 12.1. The van der Waals surface area contributed by atoms with E-state index >= 15 is 0 Å². The molecule has 27 heavy (non-hydrogen) atoms. The first kappa shape index (κ1) is 17.6. The highest BCUT2D eigenvalue weighted by atomic mass is 16.5. The number of hydrogen-bond donors (Lipinski definition) is 2. The van der Waals surface area contributed by atoms with Crippen molar-refractivity contribution < 1.29 is 9.53 Å². The van der Waals surface area contributed by atoms with E-state index in [1.54, 1.807) is 6.20 Å². The van der Waals surface area contributed by atoms with Crippen LogP contribution in [0.25, 0.3) is 11.0 Å². The summed E-state index contributed by atoms with van der Waals surface area (Å²) in [6.45, 7) is 0. The summed E-state index contributed by atoms with van der Waals surface area (Å²) in [4.78, 5) is 19.5. The van der Waals surface area contributed by atoms with E-state index in [1.165, 1.54) is 19.3 Å². The van der Waals surface area contributed by atoms with Crippen LogP contribution in [0.1, 0.15) is 44.1 Å². The van der Waals surface area contributed by atoms with E-state index in [0.717, 1.165) is 47.4 Å². The lowest BCUT2D eigenvalue weighted by molar-refractivity contribution is -0.121. The lowest BCUT2D eigenvalue weighted by Crippen LogP contribution is -2.36. The van der Waals surface area contributed by atoms with E-state index in [9.17, 15) is 4.79 Å². The number of fused-ring (bicyclic) bond motifs is 1. The molecule has 140 valence electrons. The number of amides is 1. The standard InChI is InChI=1S/C22H25N3O2/c26-21(25-17-4-2-1-3-5-17)11-8-16-6-9-18(10-7-16)27-20-13-15-24-22-19(20)12-14-23-22/h6-7,9-10,12-15,17H,1-5,8,11H2,(H,23,24)(H,25,26). The normalized spacial score (nSPS) is 15.0. The molecule has 0 spiro atoms. The van der Waals surface area contributed by atoms with Crippen LogP contribution in [-0.2, 0) is 11.2 Å². The van der Waals surface area contributed by atoms with Crippen LogP contribution in [0.5, 0.6) is 11.5 Å². The van der Waals surface area contributed by atoms with Crippen LogP contribution in [0.3, 0.4) is 0 Å². The number of hydrogen-bond acceptors (Lipinski definition) is 3. The van der Waals surface area contributed by atoms with Crippen molar-refractivity contribution in [3.05, 3.63) is 54.4 Å². The monoisotopic (exact) mass is 363 g/mol. The van der Waals surface area contributed by atoms with Gasteiger partial charge >= 0.3 is 0 Å². The van der Waals surface area contributed by atoms with Crippen molar-refractivity contribution in [2.24, 2.45) is 0 Å². The molecule has 1 saturated carbocycles. The van der Waals surface area contributed by atoms with Crippen molar-refractivity contribution in [3.63, 3.8) is 0 Å². The fraction of sp³-hybridized carbons (Fsp3) is 0.364. The molecule has 0 bridgehead atoms. The number of carbonyl (C=O) groups is 1. The molecule has 2 aromatic heterocycles. The van der Waals surface area contributed by atoms with Crippen LogP contribution in [0, 0.1) is 0 Å². The minimum Gasteiger partial charge on any atom is -0.457 e. The molecule has 3 aromatic rings. The highest BCUT2D eigenvalue weighted by molar-refractivity contribution is 5.82. The fourth-order valence-corrected chi connectivity index (χ4v) is 3.68. The third-order valence-electron chi connectivity index (χ3n) is 5.18. The van der Waals surface area contributed by atoms with E-state index in [-0.39, 0.29) is 5.91 Å². The molecule has 2 N–H and O–H groups in total. The number of carbonyl (C=O) groups excluding carboxylic acids is 1. The zero-order valence-electron chi connectivity index (χ0n) is 15.4. The Kier molecular flexibility index (Phi) is 5.37. The summed E-state index contributed by atoms with van der Waals surface area (Å²) in [6, 6.07) is 12.2. The molecule has 1 aliphatic rings. The minimum atomic E-state index is 0.161. The van der Waals surface area contributed by atoms with Gasteiger partial charge in [-0.25, -0.2) is 4.98 Å². The number of benzene rings is 1. The van der Waals surface area contributed by atoms with E-state index in [2.05, 4.69) is 15.3 Å². The first-order valence-electron chi connectivity index (χ1n) is 9.76. The Morgan fingerprint density at radius 3 is 2.74 bits per heavy atom. The van der Waals surface area contributed by atoms with E-state index in [1.807, 2.05) is 42.6 Å². The molecule has 0 radical (unpaired) electrons. The first-order valence-corrected chi connectivity index (χ1v) is 9.76. The molecule has 1 fully saturated rings. The van der Waals surface area contributed by atoms with Gasteiger partial charge in [-0.2, -0.15) is 0 Å². The second-order valence-corrected chi connectivity index (χ2v) is 7.20. The van der Waals surface area contributed by atoms with Gasteiger partial charge in [-0.1, -0.05) is 31.4 Å². The number of nitrogens with zero attached hydrogens (tertiary/aromatic N) is 1. The largest absolute Gasteiger partial charge is 0.457 e. The number of aromatic nitrogens is 2. The number of ether oxygens (including phenoxy) is 1. The Labute approximate surface area is 159 Å². The Morgan fingerprint density at radius 2 is 1.93 bits per heavy atom. The van der Waals surface area contributed by atoms with Crippen LogP contribution < -0.4 is 10.1 Å². The molecule has 5 nitrogen and oxygen atoms in total. The summed E-state index contributed by atoms with van der Waals surface area (Å²) in [7, 11) is 0. The van der Waals surface area contributed by atoms with Crippen LogP contribution in [0.4, 0.5) is 0 Å². The molecule has 0 atom stereocenters. The topological polar surface area (TPSA) is 67.0 Å². The van der Waals surface area contributed by atoms with Crippen molar-refractivity contribution in [3.8, 4) is 11.5 Å². The van der Waals surface area contributed by atoms with Gasteiger partial charge in [-0.05, 0) is 49.1 Å². The summed E-state index contributed by atoms with van der Waals surface area (Å²) < 4.78 is 5.99.